The third-order valence-corrected chi connectivity index (χ3v) is 7.92. The van der Waals surface area contributed by atoms with Gasteiger partial charge in [-0.3, -0.25) is 0 Å². The molecule has 1 aliphatic heterocycles. The summed E-state index contributed by atoms with van der Waals surface area (Å²) in [7, 11) is 1.51. The fraction of sp³-hybridized carbons (Fsp3) is 0.435. The Hall–Kier alpha value is -3.69. The van der Waals surface area contributed by atoms with Gasteiger partial charge in [-0.25, -0.2) is 4.98 Å². The number of nitriles is 1. The Labute approximate surface area is 207 Å². The number of rotatable bonds is 7. The fourth-order valence-electron chi connectivity index (χ4n) is 4.95. The van der Waals surface area contributed by atoms with Crippen LogP contribution in [-0.4, -0.2) is 57.9 Å². The van der Waals surface area contributed by atoms with E-state index in [4.69, 9.17) is 21.2 Å². The first-order valence-corrected chi connectivity index (χ1v) is 12.1. The molecule has 1 aliphatic carbocycles. The van der Waals surface area contributed by atoms with Gasteiger partial charge in [0.25, 0.3) is 0 Å². The minimum atomic E-state index is -0.290. The Morgan fingerprint density at radius 2 is 2.14 bits per heavy atom. The standard InChI is InChI=1S/C23H27N9O2S/c1-13(10-33)32(9-14-4-3-7-27-18(14)25)21-28-20(29-22(30-21)34-2)31-11-23(12-31)6-5-16-17(23)15(8-24)19(26)35-16/h3-4,7,13,33H,5-6,9-12,26H2,1-2H3,(H2,25,27). The molecule has 2 aliphatic rings. The molecule has 182 valence electrons. The quantitative estimate of drug-likeness (QED) is 0.436. The smallest absolute Gasteiger partial charge is 0.322 e. The van der Waals surface area contributed by atoms with Gasteiger partial charge in [-0.15, -0.1) is 11.3 Å². The highest BCUT2D eigenvalue weighted by molar-refractivity contribution is 7.16. The summed E-state index contributed by atoms with van der Waals surface area (Å²) in [5, 5.41) is 20.2. The van der Waals surface area contributed by atoms with Crippen LogP contribution in [0.1, 0.15) is 34.9 Å². The molecule has 4 heterocycles. The molecule has 1 saturated heterocycles. The number of aromatic nitrogens is 4. The third kappa shape index (κ3) is 3.86. The Kier molecular flexibility index (Phi) is 5.82. The van der Waals surface area contributed by atoms with Crippen molar-refractivity contribution in [2.45, 2.75) is 37.8 Å². The van der Waals surface area contributed by atoms with Crippen LogP contribution >= 0.6 is 11.3 Å². The van der Waals surface area contributed by atoms with Crippen molar-refractivity contribution < 1.29 is 9.84 Å². The van der Waals surface area contributed by atoms with E-state index < -0.39 is 0 Å². The van der Waals surface area contributed by atoms with Gasteiger partial charge in [-0.1, -0.05) is 6.07 Å². The van der Waals surface area contributed by atoms with E-state index in [-0.39, 0.29) is 24.1 Å². The maximum atomic E-state index is 9.92. The summed E-state index contributed by atoms with van der Waals surface area (Å²) in [6.45, 7) is 3.51. The van der Waals surface area contributed by atoms with Crippen LogP contribution in [-0.2, 0) is 18.4 Å². The van der Waals surface area contributed by atoms with Gasteiger partial charge in [0.2, 0.25) is 11.9 Å². The maximum absolute atomic E-state index is 9.92. The molecule has 0 bridgehead atoms. The number of aliphatic hydroxyl groups is 1. The van der Waals surface area contributed by atoms with E-state index in [1.165, 1.54) is 23.3 Å². The fourth-order valence-corrected chi connectivity index (χ4v) is 6.09. The predicted octanol–water partition coefficient (Wildman–Crippen LogP) is 1.46. The summed E-state index contributed by atoms with van der Waals surface area (Å²) < 4.78 is 5.39. The highest BCUT2D eigenvalue weighted by atomic mass is 32.1. The largest absolute Gasteiger partial charge is 0.467 e. The molecule has 3 aromatic heterocycles. The van der Waals surface area contributed by atoms with E-state index >= 15 is 0 Å². The molecule has 1 unspecified atom stereocenters. The lowest BCUT2D eigenvalue weighted by atomic mass is 9.74. The van der Waals surface area contributed by atoms with Crippen molar-refractivity contribution >= 4 is 34.1 Å². The summed E-state index contributed by atoms with van der Waals surface area (Å²) in [5.74, 6) is 1.28. The topological polar surface area (TPSA) is 163 Å². The van der Waals surface area contributed by atoms with E-state index in [1.54, 1.807) is 6.20 Å². The van der Waals surface area contributed by atoms with Crippen molar-refractivity contribution in [3.05, 3.63) is 39.9 Å². The predicted molar refractivity (Wildman–Crippen MR) is 133 cm³/mol. The molecule has 0 radical (unpaired) electrons. The Balaban J connectivity index is 1.45. The number of hydrogen-bond donors (Lipinski definition) is 3. The summed E-state index contributed by atoms with van der Waals surface area (Å²) in [6, 6.07) is 5.90. The number of aryl methyl sites for hydroxylation is 1. The molecule has 0 saturated carbocycles. The van der Waals surface area contributed by atoms with Crippen LogP contribution in [0, 0.1) is 11.3 Å². The zero-order valence-corrected chi connectivity index (χ0v) is 20.4. The summed E-state index contributed by atoms with van der Waals surface area (Å²) >= 11 is 1.53. The van der Waals surface area contributed by atoms with Gasteiger partial charge in [-0.2, -0.15) is 20.2 Å². The first-order valence-electron chi connectivity index (χ1n) is 11.3. The average Bonchev–Trinajstić information content (AvgIpc) is 3.37. The van der Waals surface area contributed by atoms with Crippen LogP contribution in [0.4, 0.5) is 22.7 Å². The zero-order chi connectivity index (χ0) is 24.7. The number of nitrogens with two attached hydrogens (primary N) is 2. The number of hydrogen-bond acceptors (Lipinski definition) is 12. The van der Waals surface area contributed by atoms with Gasteiger partial charge in [0.15, 0.2) is 0 Å². The van der Waals surface area contributed by atoms with E-state index in [2.05, 4.69) is 25.9 Å². The van der Waals surface area contributed by atoms with Crippen LogP contribution in [0.2, 0.25) is 0 Å². The molecular weight excluding hydrogens is 466 g/mol. The minimum Gasteiger partial charge on any atom is -0.467 e. The molecular formula is C23H27N9O2S. The summed E-state index contributed by atoms with van der Waals surface area (Å²) in [5.41, 5.74) is 14.6. The van der Waals surface area contributed by atoms with Crippen molar-refractivity contribution in [3.8, 4) is 12.1 Å². The molecule has 0 aromatic carbocycles. The molecule has 3 aromatic rings. The maximum Gasteiger partial charge on any atom is 0.322 e. The van der Waals surface area contributed by atoms with E-state index in [0.717, 1.165) is 24.0 Å². The SMILES string of the molecule is COc1nc(N2CC3(CCc4sc(N)c(C#N)c43)C2)nc(N(Cc2cccnc2N)C(C)CO)n1. The van der Waals surface area contributed by atoms with Crippen molar-refractivity contribution in [3.63, 3.8) is 0 Å². The molecule has 1 spiro atoms. The van der Waals surface area contributed by atoms with Gasteiger partial charge in [0.05, 0.1) is 25.3 Å². The molecule has 1 atom stereocenters. The van der Waals surface area contributed by atoms with Crippen LogP contribution in [0.25, 0.3) is 0 Å². The molecule has 5 N–H and O–H groups in total. The first kappa shape index (κ1) is 23.1. The second-order valence-electron chi connectivity index (χ2n) is 9.02. The van der Waals surface area contributed by atoms with Crippen molar-refractivity contribution in [1.29, 1.82) is 5.26 Å². The summed E-state index contributed by atoms with van der Waals surface area (Å²) in [4.78, 5) is 23.0. The molecule has 5 rings (SSSR count). The highest BCUT2D eigenvalue weighted by Gasteiger charge is 2.52. The van der Waals surface area contributed by atoms with Gasteiger partial charge < -0.3 is 31.1 Å². The Bertz CT molecular complexity index is 1300. The number of nitrogens with zero attached hydrogens (tertiary/aromatic N) is 7. The molecule has 1 fully saturated rings. The van der Waals surface area contributed by atoms with Crippen LogP contribution in [0.15, 0.2) is 18.3 Å². The van der Waals surface area contributed by atoms with Gasteiger partial charge in [0.1, 0.15) is 16.9 Å². The zero-order valence-electron chi connectivity index (χ0n) is 19.6. The third-order valence-electron chi connectivity index (χ3n) is 6.84. The van der Waals surface area contributed by atoms with E-state index in [0.29, 0.717) is 47.9 Å². The van der Waals surface area contributed by atoms with Crippen molar-refractivity contribution in [2.24, 2.45) is 0 Å². The second-order valence-corrected chi connectivity index (χ2v) is 10.2. The van der Waals surface area contributed by atoms with Crippen molar-refractivity contribution in [2.75, 3.05) is 48.1 Å². The second kappa shape index (κ2) is 8.83. The van der Waals surface area contributed by atoms with E-state index in [9.17, 15) is 10.4 Å². The normalized spacial score (nSPS) is 16.5. The average molecular weight is 494 g/mol. The molecule has 0 amide bonds. The van der Waals surface area contributed by atoms with Crippen LogP contribution in [0.5, 0.6) is 6.01 Å². The Morgan fingerprint density at radius 3 is 2.83 bits per heavy atom. The lowest BCUT2D eigenvalue weighted by molar-refractivity contribution is 0.264. The number of nitrogen functional groups attached to an aromatic ring is 2. The molecule has 35 heavy (non-hydrogen) atoms. The minimum absolute atomic E-state index is 0.102. The number of ether oxygens (including phenoxy) is 1. The number of fused-ring (bicyclic) bond motifs is 2. The first-order chi connectivity index (χ1) is 16.9. The van der Waals surface area contributed by atoms with Gasteiger partial charge >= 0.3 is 6.01 Å². The van der Waals surface area contributed by atoms with E-state index in [1.807, 2.05) is 24.0 Å². The van der Waals surface area contributed by atoms with Crippen LogP contribution < -0.4 is 26.0 Å². The molecule has 11 nitrogen and oxygen atoms in total. The number of thiophene rings is 1. The lowest BCUT2D eigenvalue weighted by Gasteiger charge is -2.48. The van der Waals surface area contributed by atoms with Gasteiger partial charge in [-0.05, 0) is 31.4 Å². The number of methoxy groups -OCH3 is 1. The highest BCUT2D eigenvalue weighted by Crippen LogP contribution is 2.52. The van der Waals surface area contributed by atoms with Crippen molar-refractivity contribution in [1.82, 2.24) is 19.9 Å². The van der Waals surface area contributed by atoms with Gasteiger partial charge in [0, 0.05) is 41.7 Å². The summed E-state index contributed by atoms with van der Waals surface area (Å²) in [6.07, 6.45) is 3.54. The Morgan fingerprint density at radius 1 is 1.34 bits per heavy atom. The number of pyridine rings is 1. The van der Waals surface area contributed by atoms with Crippen LogP contribution in [0.3, 0.4) is 0 Å². The lowest BCUT2D eigenvalue weighted by Crippen LogP contribution is -2.59. The number of aliphatic hydroxyl groups excluding tert-OH is 1. The molecule has 12 heteroatoms. The number of anilines is 4. The monoisotopic (exact) mass is 493 g/mol.